The van der Waals surface area contributed by atoms with Crippen molar-refractivity contribution in [1.29, 1.82) is 0 Å². The Bertz CT molecular complexity index is 341. The molecule has 0 spiro atoms. The molecule has 3 N–H and O–H groups in total. The van der Waals surface area contributed by atoms with Gasteiger partial charge < -0.3 is 11.2 Å². The van der Waals surface area contributed by atoms with Gasteiger partial charge in [-0.2, -0.15) is 0 Å². The van der Waals surface area contributed by atoms with Gasteiger partial charge in [0.25, 0.3) is 0 Å². The van der Waals surface area contributed by atoms with Gasteiger partial charge in [0, 0.05) is 17.8 Å². The molecule has 3 heteroatoms. The summed E-state index contributed by atoms with van der Waals surface area (Å²) in [5.41, 5.74) is 11.1. The number of piperidine rings is 1. The van der Waals surface area contributed by atoms with E-state index < -0.39 is 0 Å². The summed E-state index contributed by atoms with van der Waals surface area (Å²) in [7, 11) is 0. The Morgan fingerprint density at radius 2 is 1.94 bits per heavy atom. The molecule has 0 saturated carbocycles. The molecular weight excluding hydrogens is 198 g/mol. The Kier molecular flexibility index (Phi) is 3.34. The standard InChI is InChI=1S/C13H21N3/c1-10-5-3-6-11(2)16(10)15-13-8-4-7-12(14)9-13/h4,7-11,15H,3,5-6,14H2,1-2H3. The van der Waals surface area contributed by atoms with E-state index >= 15 is 0 Å². The second-order valence-electron chi connectivity index (χ2n) is 4.77. The molecule has 2 rings (SSSR count). The summed E-state index contributed by atoms with van der Waals surface area (Å²) >= 11 is 0. The molecule has 0 bridgehead atoms. The summed E-state index contributed by atoms with van der Waals surface area (Å²) in [4.78, 5) is 0. The summed E-state index contributed by atoms with van der Waals surface area (Å²) in [6.07, 6.45) is 3.86. The van der Waals surface area contributed by atoms with E-state index in [0.717, 1.165) is 11.4 Å². The van der Waals surface area contributed by atoms with Crippen molar-refractivity contribution in [2.75, 3.05) is 11.2 Å². The normalized spacial score (nSPS) is 26.6. The van der Waals surface area contributed by atoms with Crippen LogP contribution in [0.3, 0.4) is 0 Å². The van der Waals surface area contributed by atoms with E-state index in [1.165, 1.54) is 19.3 Å². The van der Waals surface area contributed by atoms with Crippen molar-refractivity contribution in [2.45, 2.75) is 45.2 Å². The van der Waals surface area contributed by atoms with Crippen LogP contribution in [-0.4, -0.2) is 17.1 Å². The van der Waals surface area contributed by atoms with E-state index in [1.807, 2.05) is 18.2 Å². The molecule has 0 aromatic heterocycles. The number of hydrazine groups is 1. The molecule has 2 unspecified atom stereocenters. The maximum absolute atomic E-state index is 5.77. The molecule has 2 atom stereocenters. The van der Waals surface area contributed by atoms with Gasteiger partial charge in [0.05, 0.1) is 5.69 Å². The van der Waals surface area contributed by atoms with Crippen LogP contribution in [0.15, 0.2) is 24.3 Å². The highest BCUT2D eigenvalue weighted by Crippen LogP contribution is 2.23. The average molecular weight is 219 g/mol. The monoisotopic (exact) mass is 219 g/mol. The van der Waals surface area contributed by atoms with Crippen molar-refractivity contribution < 1.29 is 0 Å². The highest BCUT2D eigenvalue weighted by Gasteiger charge is 2.24. The third-order valence-electron chi connectivity index (χ3n) is 3.34. The van der Waals surface area contributed by atoms with Gasteiger partial charge in [0.15, 0.2) is 0 Å². The molecular formula is C13H21N3. The van der Waals surface area contributed by atoms with Crippen LogP contribution in [0.5, 0.6) is 0 Å². The van der Waals surface area contributed by atoms with Gasteiger partial charge in [-0.05, 0) is 44.9 Å². The van der Waals surface area contributed by atoms with E-state index in [1.54, 1.807) is 0 Å². The summed E-state index contributed by atoms with van der Waals surface area (Å²) in [6.45, 7) is 4.55. The second-order valence-corrected chi connectivity index (χ2v) is 4.77. The predicted molar refractivity (Wildman–Crippen MR) is 69.1 cm³/mol. The first-order chi connectivity index (χ1) is 7.66. The van der Waals surface area contributed by atoms with Crippen LogP contribution in [0.25, 0.3) is 0 Å². The zero-order valence-corrected chi connectivity index (χ0v) is 10.1. The zero-order chi connectivity index (χ0) is 11.5. The van der Waals surface area contributed by atoms with Gasteiger partial charge in [-0.3, -0.25) is 0 Å². The summed E-state index contributed by atoms with van der Waals surface area (Å²) < 4.78 is 0. The zero-order valence-electron chi connectivity index (χ0n) is 10.1. The lowest BCUT2D eigenvalue weighted by atomic mass is 10.00. The van der Waals surface area contributed by atoms with Crippen molar-refractivity contribution >= 4 is 11.4 Å². The minimum absolute atomic E-state index is 0.588. The fourth-order valence-electron chi connectivity index (χ4n) is 2.40. The maximum Gasteiger partial charge on any atom is 0.0510 e. The Labute approximate surface area is 97.6 Å². The molecule has 1 fully saturated rings. The first-order valence-corrected chi connectivity index (χ1v) is 6.07. The third-order valence-corrected chi connectivity index (χ3v) is 3.34. The summed E-state index contributed by atoms with van der Waals surface area (Å²) in [6, 6.07) is 9.11. The smallest absolute Gasteiger partial charge is 0.0510 e. The van der Waals surface area contributed by atoms with E-state index in [0.29, 0.717) is 12.1 Å². The van der Waals surface area contributed by atoms with E-state index in [9.17, 15) is 0 Å². The minimum Gasteiger partial charge on any atom is -0.399 e. The first kappa shape index (κ1) is 11.3. The largest absolute Gasteiger partial charge is 0.399 e. The number of benzene rings is 1. The van der Waals surface area contributed by atoms with Crippen molar-refractivity contribution in [1.82, 2.24) is 5.01 Å². The van der Waals surface area contributed by atoms with E-state index in [-0.39, 0.29) is 0 Å². The lowest BCUT2D eigenvalue weighted by Gasteiger charge is -2.39. The topological polar surface area (TPSA) is 41.3 Å². The van der Waals surface area contributed by atoms with E-state index in [4.69, 9.17) is 5.73 Å². The number of hydrogen-bond acceptors (Lipinski definition) is 3. The Hall–Kier alpha value is -1.22. The Morgan fingerprint density at radius 1 is 1.25 bits per heavy atom. The molecule has 0 aliphatic carbocycles. The predicted octanol–water partition coefficient (Wildman–Crippen LogP) is 2.86. The third kappa shape index (κ3) is 2.47. The van der Waals surface area contributed by atoms with Crippen LogP contribution in [-0.2, 0) is 0 Å². The Balaban J connectivity index is 2.07. The lowest BCUT2D eigenvalue weighted by Crippen LogP contribution is -2.47. The quantitative estimate of drug-likeness (QED) is 0.751. The highest BCUT2D eigenvalue weighted by molar-refractivity contribution is 5.53. The summed E-state index contributed by atoms with van der Waals surface area (Å²) in [5.74, 6) is 0. The highest BCUT2D eigenvalue weighted by atomic mass is 15.5. The van der Waals surface area contributed by atoms with Crippen molar-refractivity contribution in [3.05, 3.63) is 24.3 Å². The molecule has 1 aliphatic rings. The van der Waals surface area contributed by atoms with Gasteiger partial charge >= 0.3 is 0 Å². The van der Waals surface area contributed by atoms with Crippen molar-refractivity contribution in [2.24, 2.45) is 0 Å². The molecule has 1 aromatic rings. The number of anilines is 2. The molecule has 88 valence electrons. The maximum atomic E-state index is 5.77. The molecule has 3 nitrogen and oxygen atoms in total. The lowest BCUT2D eigenvalue weighted by molar-refractivity contribution is 0.136. The molecule has 1 saturated heterocycles. The van der Waals surface area contributed by atoms with Gasteiger partial charge in [-0.1, -0.05) is 12.5 Å². The number of nitrogens with two attached hydrogens (primary N) is 1. The molecule has 1 aromatic carbocycles. The van der Waals surface area contributed by atoms with Crippen molar-refractivity contribution in [3.63, 3.8) is 0 Å². The van der Waals surface area contributed by atoms with Gasteiger partial charge in [-0.15, -0.1) is 0 Å². The van der Waals surface area contributed by atoms with Crippen LogP contribution in [0, 0.1) is 0 Å². The molecule has 1 heterocycles. The van der Waals surface area contributed by atoms with Crippen molar-refractivity contribution in [3.8, 4) is 0 Å². The molecule has 0 amide bonds. The fourth-order valence-corrected chi connectivity index (χ4v) is 2.40. The number of nitrogens with one attached hydrogen (secondary N) is 1. The van der Waals surface area contributed by atoms with Gasteiger partial charge in [0.2, 0.25) is 0 Å². The average Bonchev–Trinajstić information content (AvgIpc) is 2.24. The number of rotatable bonds is 2. The first-order valence-electron chi connectivity index (χ1n) is 6.07. The fraction of sp³-hybridized carbons (Fsp3) is 0.538. The molecule has 1 aliphatic heterocycles. The van der Waals surface area contributed by atoms with Crippen LogP contribution < -0.4 is 11.2 Å². The SMILES string of the molecule is CC1CCCC(C)N1Nc1cccc(N)c1. The number of nitrogen functional groups attached to an aromatic ring is 1. The summed E-state index contributed by atoms with van der Waals surface area (Å²) in [5, 5.41) is 2.35. The molecule has 16 heavy (non-hydrogen) atoms. The number of hydrogen-bond donors (Lipinski definition) is 2. The van der Waals surface area contributed by atoms with Crippen LogP contribution in [0.1, 0.15) is 33.1 Å². The van der Waals surface area contributed by atoms with Gasteiger partial charge in [-0.25, -0.2) is 5.01 Å². The minimum atomic E-state index is 0.588. The number of nitrogens with zero attached hydrogens (tertiary/aromatic N) is 1. The molecule has 0 radical (unpaired) electrons. The Morgan fingerprint density at radius 3 is 2.56 bits per heavy atom. The second kappa shape index (κ2) is 4.74. The van der Waals surface area contributed by atoms with Crippen LogP contribution in [0.4, 0.5) is 11.4 Å². The van der Waals surface area contributed by atoms with Gasteiger partial charge in [0.1, 0.15) is 0 Å². The van der Waals surface area contributed by atoms with Crippen LogP contribution in [0.2, 0.25) is 0 Å². The van der Waals surface area contributed by atoms with Crippen LogP contribution >= 0.6 is 0 Å². The van der Waals surface area contributed by atoms with E-state index in [2.05, 4.69) is 30.3 Å².